The number of rotatable bonds is 6. The van der Waals surface area contributed by atoms with Gasteiger partial charge in [0, 0.05) is 18.1 Å². The zero-order valence-electron chi connectivity index (χ0n) is 9.53. The topological polar surface area (TPSA) is 30.7 Å². The lowest BCUT2D eigenvalue weighted by Crippen LogP contribution is -2.24. The predicted octanol–water partition coefficient (Wildman–Crippen LogP) is 3.11. The van der Waals surface area contributed by atoms with Gasteiger partial charge in [-0.25, -0.2) is 0 Å². The van der Waals surface area contributed by atoms with Crippen molar-refractivity contribution in [2.75, 3.05) is 11.1 Å². The van der Waals surface area contributed by atoms with E-state index in [1.54, 1.807) is 18.1 Å². The van der Waals surface area contributed by atoms with Crippen molar-refractivity contribution < 1.29 is 0 Å². The first-order valence-electron chi connectivity index (χ1n) is 5.20. The van der Waals surface area contributed by atoms with Gasteiger partial charge >= 0.3 is 0 Å². The van der Waals surface area contributed by atoms with E-state index < -0.39 is 0 Å². The first-order chi connectivity index (χ1) is 7.17. The summed E-state index contributed by atoms with van der Waals surface area (Å²) in [6, 6.07) is 0. The Morgan fingerprint density at radius 1 is 1.47 bits per heavy atom. The third kappa shape index (κ3) is 3.21. The molecule has 0 unspecified atom stereocenters. The summed E-state index contributed by atoms with van der Waals surface area (Å²) in [6.45, 7) is 4.50. The highest BCUT2D eigenvalue weighted by atomic mass is 79.9. The van der Waals surface area contributed by atoms with E-state index in [1.165, 1.54) is 12.8 Å². The van der Waals surface area contributed by atoms with Crippen LogP contribution in [0.15, 0.2) is 11.5 Å². The number of hydrogen-bond acceptors (Lipinski definition) is 3. The summed E-state index contributed by atoms with van der Waals surface area (Å²) in [5.74, 6) is 1.10. The van der Waals surface area contributed by atoms with Gasteiger partial charge in [0.15, 0.2) is 5.16 Å². The van der Waals surface area contributed by atoms with Crippen molar-refractivity contribution >= 4 is 27.7 Å². The standard InChI is InChI=1S/C10H18BrN3S/c1-4-10(5-2,6-11)7-15-9-13-12-8-14(9)3/h8H,4-7H2,1-3H3. The van der Waals surface area contributed by atoms with Gasteiger partial charge in [-0.1, -0.05) is 41.5 Å². The van der Waals surface area contributed by atoms with Crippen LogP contribution in [0.1, 0.15) is 26.7 Å². The van der Waals surface area contributed by atoms with E-state index in [2.05, 4.69) is 40.0 Å². The average molecular weight is 292 g/mol. The maximum absolute atomic E-state index is 4.08. The summed E-state index contributed by atoms with van der Waals surface area (Å²) in [6.07, 6.45) is 4.13. The second-order valence-electron chi connectivity index (χ2n) is 3.85. The summed E-state index contributed by atoms with van der Waals surface area (Å²) in [5.41, 5.74) is 0.386. The van der Waals surface area contributed by atoms with Crippen molar-refractivity contribution in [2.24, 2.45) is 12.5 Å². The minimum absolute atomic E-state index is 0.386. The quantitative estimate of drug-likeness (QED) is 0.596. The molecule has 15 heavy (non-hydrogen) atoms. The molecule has 0 atom stereocenters. The zero-order valence-corrected chi connectivity index (χ0v) is 11.9. The number of hydrogen-bond donors (Lipinski definition) is 0. The molecule has 86 valence electrons. The highest BCUT2D eigenvalue weighted by Gasteiger charge is 2.25. The Morgan fingerprint density at radius 2 is 2.13 bits per heavy atom. The molecule has 1 aromatic rings. The average Bonchev–Trinajstić information content (AvgIpc) is 2.67. The Balaban J connectivity index is 2.58. The van der Waals surface area contributed by atoms with Crippen molar-refractivity contribution in [3.63, 3.8) is 0 Å². The smallest absolute Gasteiger partial charge is 0.190 e. The minimum Gasteiger partial charge on any atom is -0.312 e. The molecule has 1 heterocycles. The van der Waals surface area contributed by atoms with Crippen LogP contribution in [-0.2, 0) is 7.05 Å². The molecule has 0 aliphatic rings. The SMILES string of the molecule is CCC(CC)(CBr)CSc1nncn1C. The van der Waals surface area contributed by atoms with Crippen LogP contribution in [-0.4, -0.2) is 25.8 Å². The number of alkyl halides is 1. The van der Waals surface area contributed by atoms with E-state index in [0.717, 1.165) is 16.2 Å². The first-order valence-corrected chi connectivity index (χ1v) is 7.31. The molecule has 1 rings (SSSR count). The molecule has 0 aliphatic carbocycles. The number of aryl methyl sites for hydroxylation is 1. The van der Waals surface area contributed by atoms with Crippen LogP contribution in [0.5, 0.6) is 0 Å². The zero-order chi connectivity index (χ0) is 11.3. The monoisotopic (exact) mass is 291 g/mol. The van der Waals surface area contributed by atoms with Gasteiger partial charge in [-0.2, -0.15) is 0 Å². The number of thioether (sulfide) groups is 1. The van der Waals surface area contributed by atoms with Gasteiger partial charge in [-0.3, -0.25) is 0 Å². The van der Waals surface area contributed by atoms with Crippen LogP contribution < -0.4 is 0 Å². The lowest BCUT2D eigenvalue weighted by atomic mass is 9.87. The van der Waals surface area contributed by atoms with E-state index in [1.807, 2.05) is 11.6 Å². The lowest BCUT2D eigenvalue weighted by Gasteiger charge is -2.28. The van der Waals surface area contributed by atoms with Crippen LogP contribution in [0.2, 0.25) is 0 Å². The molecular weight excluding hydrogens is 274 g/mol. The summed E-state index contributed by atoms with van der Waals surface area (Å²) in [4.78, 5) is 0. The molecule has 5 heteroatoms. The van der Waals surface area contributed by atoms with Crippen molar-refractivity contribution in [3.05, 3.63) is 6.33 Å². The van der Waals surface area contributed by atoms with Crippen LogP contribution in [0.3, 0.4) is 0 Å². The Morgan fingerprint density at radius 3 is 2.53 bits per heavy atom. The second-order valence-corrected chi connectivity index (χ2v) is 5.36. The third-order valence-electron chi connectivity index (χ3n) is 2.96. The van der Waals surface area contributed by atoms with Crippen molar-refractivity contribution in [1.82, 2.24) is 14.8 Å². The van der Waals surface area contributed by atoms with Gasteiger partial charge in [0.05, 0.1) is 0 Å². The lowest BCUT2D eigenvalue weighted by molar-refractivity contribution is 0.359. The fourth-order valence-electron chi connectivity index (χ4n) is 1.30. The van der Waals surface area contributed by atoms with E-state index in [9.17, 15) is 0 Å². The summed E-state index contributed by atoms with van der Waals surface area (Å²) >= 11 is 5.41. The molecule has 0 N–H and O–H groups in total. The van der Waals surface area contributed by atoms with Gasteiger partial charge in [-0.05, 0) is 18.3 Å². The maximum Gasteiger partial charge on any atom is 0.190 e. The molecule has 0 radical (unpaired) electrons. The third-order valence-corrected chi connectivity index (χ3v) is 5.53. The predicted molar refractivity (Wildman–Crippen MR) is 68.5 cm³/mol. The van der Waals surface area contributed by atoms with Crippen molar-refractivity contribution in [1.29, 1.82) is 0 Å². The molecule has 0 saturated heterocycles. The fraction of sp³-hybridized carbons (Fsp3) is 0.800. The molecule has 0 bridgehead atoms. The van der Waals surface area contributed by atoms with Crippen molar-refractivity contribution in [2.45, 2.75) is 31.8 Å². The van der Waals surface area contributed by atoms with Gasteiger partial charge in [0.25, 0.3) is 0 Å². The highest BCUT2D eigenvalue weighted by Crippen LogP contribution is 2.34. The minimum atomic E-state index is 0.386. The van der Waals surface area contributed by atoms with E-state index in [0.29, 0.717) is 5.41 Å². The van der Waals surface area contributed by atoms with Gasteiger partial charge in [0.1, 0.15) is 6.33 Å². The second kappa shape index (κ2) is 5.89. The normalized spacial score (nSPS) is 12.0. The summed E-state index contributed by atoms with van der Waals surface area (Å²) < 4.78 is 1.97. The number of nitrogens with zero attached hydrogens (tertiary/aromatic N) is 3. The first kappa shape index (κ1) is 13.0. The Bertz CT molecular complexity index is 288. The van der Waals surface area contributed by atoms with Crippen LogP contribution in [0.4, 0.5) is 0 Å². The van der Waals surface area contributed by atoms with Gasteiger partial charge in [-0.15, -0.1) is 10.2 Å². The summed E-state index contributed by atoms with van der Waals surface area (Å²) in [7, 11) is 1.98. The van der Waals surface area contributed by atoms with Crippen LogP contribution >= 0.6 is 27.7 Å². The number of halogens is 1. The molecule has 0 aliphatic heterocycles. The Labute approximate surface area is 104 Å². The van der Waals surface area contributed by atoms with E-state index in [4.69, 9.17) is 0 Å². The van der Waals surface area contributed by atoms with E-state index >= 15 is 0 Å². The molecule has 0 amide bonds. The van der Waals surface area contributed by atoms with Gasteiger partial charge in [0.2, 0.25) is 0 Å². The maximum atomic E-state index is 4.08. The molecule has 0 saturated carbocycles. The number of aromatic nitrogens is 3. The molecule has 0 spiro atoms. The highest BCUT2D eigenvalue weighted by molar-refractivity contribution is 9.09. The molecule has 3 nitrogen and oxygen atoms in total. The molecule has 1 aromatic heterocycles. The molecule has 0 aromatic carbocycles. The Hall–Kier alpha value is -0.0300. The van der Waals surface area contributed by atoms with Crippen LogP contribution in [0, 0.1) is 5.41 Å². The summed E-state index contributed by atoms with van der Waals surface area (Å²) in [5, 5.41) is 10.0. The largest absolute Gasteiger partial charge is 0.312 e. The fourth-order valence-corrected chi connectivity index (χ4v) is 3.86. The van der Waals surface area contributed by atoms with Gasteiger partial charge < -0.3 is 4.57 Å². The molecular formula is C10H18BrN3S. The van der Waals surface area contributed by atoms with E-state index in [-0.39, 0.29) is 0 Å². The van der Waals surface area contributed by atoms with Crippen LogP contribution in [0.25, 0.3) is 0 Å². The van der Waals surface area contributed by atoms with Crippen molar-refractivity contribution in [3.8, 4) is 0 Å². The Kier molecular flexibility index (Phi) is 5.12. The molecule has 0 fully saturated rings.